The molecule has 0 saturated carbocycles. The predicted molar refractivity (Wildman–Crippen MR) is 88.0 cm³/mol. The number of anilines is 1. The van der Waals surface area contributed by atoms with Crippen LogP contribution in [0.4, 0.5) is 14.5 Å². The van der Waals surface area contributed by atoms with Crippen molar-refractivity contribution in [2.24, 2.45) is 0 Å². The minimum atomic E-state index is -0.920. The second kappa shape index (κ2) is 6.26. The second-order valence-corrected chi connectivity index (χ2v) is 5.53. The molecule has 116 valence electrons. The van der Waals surface area contributed by atoms with E-state index in [1.165, 1.54) is 10.7 Å². The molecule has 3 aromatic rings. The monoisotopic (exact) mass is 329 g/mol. The van der Waals surface area contributed by atoms with Gasteiger partial charge in [0.1, 0.15) is 0 Å². The van der Waals surface area contributed by atoms with Gasteiger partial charge in [-0.15, -0.1) is 0 Å². The Morgan fingerprint density at radius 2 is 1.87 bits per heavy atom. The summed E-state index contributed by atoms with van der Waals surface area (Å²) in [6.07, 6.45) is 2.13. The normalized spacial score (nSPS) is 10.7. The van der Waals surface area contributed by atoms with Gasteiger partial charge in [0.25, 0.3) is 0 Å². The highest BCUT2D eigenvalue weighted by molar-refractivity contribution is 7.71. The topological polar surface area (TPSA) is 43.8 Å². The molecule has 1 heterocycles. The lowest BCUT2D eigenvalue weighted by Gasteiger charge is -2.09. The van der Waals surface area contributed by atoms with Crippen LogP contribution in [0.25, 0.3) is 5.69 Å². The molecular formula is C17H13F2N3S. The Bertz CT molecular complexity index is 922. The molecule has 2 aromatic carbocycles. The van der Waals surface area contributed by atoms with E-state index in [-0.39, 0.29) is 0 Å². The van der Waals surface area contributed by atoms with E-state index in [4.69, 9.17) is 18.0 Å². The lowest BCUT2D eigenvalue weighted by Crippen LogP contribution is -2.06. The largest absolute Gasteiger partial charge is 0.399 e. The number of benzene rings is 2. The zero-order chi connectivity index (χ0) is 16.4. The lowest BCUT2D eigenvalue weighted by molar-refractivity contribution is 0.507. The van der Waals surface area contributed by atoms with Crippen LogP contribution in [0, 0.1) is 16.1 Å². The fraction of sp³-hybridized carbons (Fsp3) is 0.0588. The van der Waals surface area contributed by atoms with E-state index in [1.807, 2.05) is 18.2 Å². The van der Waals surface area contributed by atoms with E-state index in [2.05, 4.69) is 5.10 Å². The average molecular weight is 329 g/mol. The molecule has 0 fully saturated rings. The molecule has 0 aliphatic rings. The van der Waals surface area contributed by atoms with E-state index in [0.29, 0.717) is 28.0 Å². The zero-order valence-electron chi connectivity index (χ0n) is 12.0. The number of halogens is 2. The van der Waals surface area contributed by atoms with Gasteiger partial charge in [0.05, 0.1) is 15.9 Å². The van der Waals surface area contributed by atoms with Gasteiger partial charge in [-0.1, -0.05) is 24.4 Å². The minimum absolute atomic E-state index is 0.424. The van der Waals surface area contributed by atoms with Gasteiger partial charge in [-0.05, 0) is 35.9 Å². The van der Waals surface area contributed by atoms with Crippen molar-refractivity contribution in [2.75, 3.05) is 5.73 Å². The molecule has 0 aliphatic carbocycles. The first kappa shape index (κ1) is 15.3. The van der Waals surface area contributed by atoms with Gasteiger partial charge in [-0.2, -0.15) is 5.10 Å². The van der Waals surface area contributed by atoms with Crippen molar-refractivity contribution in [2.45, 2.75) is 6.42 Å². The van der Waals surface area contributed by atoms with Crippen LogP contribution >= 0.6 is 12.2 Å². The number of nitrogens with two attached hydrogens (primary N) is 1. The maximum absolute atomic E-state index is 13.4. The third kappa shape index (κ3) is 3.43. The molecule has 0 atom stereocenters. The molecule has 3 nitrogen and oxygen atoms in total. The molecule has 0 bridgehead atoms. The minimum Gasteiger partial charge on any atom is -0.399 e. The molecule has 0 radical (unpaired) electrons. The summed E-state index contributed by atoms with van der Waals surface area (Å²) in [6, 6.07) is 12.8. The summed E-state index contributed by atoms with van der Waals surface area (Å²) in [6.45, 7) is 0. The molecule has 0 amide bonds. The van der Waals surface area contributed by atoms with E-state index >= 15 is 0 Å². The molecule has 0 spiro atoms. The van der Waals surface area contributed by atoms with Crippen LogP contribution < -0.4 is 5.73 Å². The molecule has 23 heavy (non-hydrogen) atoms. The van der Waals surface area contributed by atoms with Crippen molar-refractivity contribution in [3.8, 4) is 5.69 Å². The van der Waals surface area contributed by atoms with Crippen molar-refractivity contribution >= 4 is 17.9 Å². The summed E-state index contributed by atoms with van der Waals surface area (Å²) >= 11 is 5.30. The number of hydrogen-bond donors (Lipinski definition) is 1. The third-order valence-corrected chi connectivity index (χ3v) is 3.74. The van der Waals surface area contributed by atoms with Gasteiger partial charge in [0.15, 0.2) is 11.6 Å². The van der Waals surface area contributed by atoms with Crippen LogP contribution in [0.15, 0.2) is 54.7 Å². The molecule has 0 aliphatic heterocycles. The number of rotatable bonds is 3. The van der Waals surface area contributed by atoms with E-state index in [9.17, 15) is 8.78 Å². The Morgan fingerprint density at radius 3 is 2.61 bits per heavy atom. The fourth-order valence-corrected chi connectivity index (χ4v) is 2.41. The van der Waals surface area contributed by atoms with Gasteiger partial charge in [-0.3, -0.25) is 0 Å². The third-order valence-electron chi connectivity index (χ3n) is 3.37. The Labute approximate surface area is 137 Å². The van der Waals surface area contributed by atoms with Crippen molar-refractivity contribution < 1.29 is 8.78 Å². The van der Waals surface area contributed by atoms with Gasteiger partial charge >= 0.3 is 0 Å². The Morgan fingerprint density at radius 1 is 1.04 bits per heavy atom. The number of nitrogen functional groups attached to an aromatic ring is 1. The molecule has 0 unspecified atom stereocenters. The molecule has 0 saturated heterocycles. The number of hydrogen-bond acceptors (Lipinski definition) is 3. The van der Waals surface area contributed by atoms with Crippen molar-refractivity contribution in [3.63, 3.8) is 0 Å². The highest BCUT2D eigenvalue weighted by atomic mass is 32.1. The van der Waals surface area contributed by atoms with Crippen LogP contribution in [-0.2, 0) is 6.42 Å². The second-order valence-electron chi connectivity index (χ2n) is 5.09. The zero-order valence-corrected chi connectivity index (χ0v) is 12.9. The number of nitrogens with zero attached hydrogens (tertiary/aromatic N) is 2. The molecule has 6 heteroatoms. The molecule has 2 N–H and O–H groups in total. The van der Waals surface area contributed by atoms with Gasteiger partial charge in [0, 0.05) is 24.4 Å². The average Bonchev–Trinajstić information content (AvgIpc) is 2.52. The Balaban J connectivity index is 1.99. The Kier molecular flexibility index (Phi) is 4.16. The van der Waals surface area contributed by atoms with Crippen LogP contribution in [0.5, 0.6) is 0 Å². The molecule has 3 rings (SSSR count). The fourth-order valence-electron chi connectivity index (χ4n) is 2.24. The maximum atomic E-state index is 13.4. The van der Waals surface area contributed by atoms with Crippen LogP contribution in [0.3, 0.4) is 0 Å². The molecule has 1 aromatic heterocycles. The lowest BCUT2D eigenvalue weighted by atomic mass is 10.1. The van der Waals surface area contributed by atoms with Crippen LogP contribution in [0.1, 0.15) is 11.3 Å². The number of aromatic nitrogens is 2. The summed E-state index contributed by atoms with van der Waals surface area (Å²) in [5.74, 6) is -1.81. The standard InChI is InChI=1S/C17H13F2N3S/c18-14-5-4-13(10-15(14)19)22-7-6-17(23)16(21-22)9-11-2-1-3-12(20)8-11/h1-8,10H,9,20H2. The summed E-state index contributed by atoms with van der Waals surface area (Å²) in [7, 11) is 0. The highest BCUT2D eigenvalue weighted by Crippen LogP contribution is 2.15. The van der Waals surface area contributed by atoms with Crippen LogP contribution in [-0.4, -0.2) is 9.78 Å². The van der Waals surface area contributed by atoms with Gasteiger partial charge in [0.2, 0.25) is 0 Å². The maximum Gasteiger partial charge on any atom is 0.160 e. The van der Waals surface area contributed by atoms with Crippen molar-refractivity contribution in [1.29, 1.82) is 0 Å². The van der Waals surface area contributed by atoms with E-state index in [0.717, 1.165) is 17.7 Å². The highest BCUT2D eigenvalue weighted by Gasteiger charge is 2.07. The first-order valence-corrected chi connectivity index (χ1v) is 7.32. The van der Waals surface area contributed by atoms with Crippen LogP contribution in [0.2, 0.25) is 0 Å². The van der Waals surface area contributed by atoms with Crippen molar-refractivity contribution in [1.82, 2.24) is 9.78 Å². The first-order chi connectivity index (χ1) is 11.0. The smallest absolute Gasteiger partial charge is 0.160 e. The molecular weight excluding hydrogens is 316 g/mol. The van der Waals surface area contributed by atoms with E-state index in [1.54, 1.807) is 18.3 Å². The first-order valence-electron chi connectivity index (χ1n) is 6.91. The SMILES string of the molecule is Nc1cccc(Cc2nn(-c3ccc(F)c(F)c3)ccc2=S)c1. The quantitative estimate of drug-likeness (QED) is 0.582. The summed E-state index contributed by atoms with van der Waals surface area (Å²) in [5, 5.41) is 4.42. The van der Waals surface area contributed by atoms with Crippen molar-refractivity contribution in [3.05, 3.63) is 82.1 Å². The van der Waals surface area contributed by atoms with Gasteiger partial charge < -0.3 is 5.73 Å². The summed E-state index contributed by atoms with van der Waals surface area (Å²) in [4.78, 5) is 0. The van der Waals surface area contributed by atoms with E-state index < -0.39 is 11.6 Å². The summed E-state index contributed by atoms with van der Waals surface area (Å²) in [5.41, 5.74) is 8.50. The Hall–Kier alpha value is -2.60. The summed E-state index contributed by atoms with van der Waals surface area (Å²) < 4.78 is 28.5. The van der Waals surface area contributed by atoms with Gasteiger partial charge in [-0.25, -0.2) is 13.5 Å². The predicted octanol–water partition coefficient (Wildman–Crippen LogP) is 4.05.